The van der Waals surface area contributed by atoms with E-state index in [1.54, 1.807) is 6.92 Å². The van der Waals surface area contributed by atoms with Crippen molar-refractivity contribution < 1.29 is 21.6 Å². The minimum Gasteiger partial charge on any atom is -0.492 e. The van der Waals surface area contributed by atoms with Gasteiger partial charge in [-0.15, -0.1) is 0 Å². The minimum atomic E-state index is -4.04. The molecule has 0 unspecified atom stereocenters. The normalized spacial score (nSPS) is 15.5. The first-order valence-electron chi connectivity index (χ1n) is 8.66. The Morgan fingerprint density at radius 3 is 2.50 bits per heavy atom. The zero-order valence-electron chi connectivity index (χ0n) is 15.1. The third kappa shape index (κ3) is 4.24. The van der Waals surface area contributed by atoms with Crippen LogP contribution in [0.15, 0.2) is 46.3 Å². The van der Waals surface area contributed by atoms with Crippen LogP contribution < -0.4 is 9.46 Å². The monoisotopic (exact) mass is 445 g/mol. The SMILES string of the molecule is CCOc1ccc(NS(=O)(=O)c2cccnc2Cl)cc1S(=O)(=O)N1CCCC1. The van der Waals surface area contributed by atoms with Crippen molar-refractivity contribution in [3.05, 3.63) is 41.7 Å². The topological polar surface area (TPSA) is 106 Å². The Hall–Kier alpha value is -1.88. The molecule has 0 atom stereocenters. The highest BCUT2D eigenvalue weighted by atomic mass is 35.5. The molecule has 28 heavy (non-hydrogen) atoms. The van der Waals surface area contributed by atoms with E-state index in [-0.39, 0.29) is 33.0 Å². The van der Waals surface area contributed by atoms with Crippen LogP contribution in [0.2, 0.25) is 5.15 Å². The summed E-state index contributed by atoms with van der Waals surface area (Å²) in [5.74, 6) is 0.178. The highest BCUT2D eigenvalue weighted by Crippen LogP contribution is 2.32. The van der Waals surface area contributed by atoms with Gasteiger partial charge in [0.05, 0.1) is 12.3 Å². The molecule has 1 aromatic heterocycles. The van der Waals surface area contributed by atoms with E-state index >= 15 is 0 Å². The van der Waals surface area contributed by atoms with Crippen LogP contribution in [0.1, 0.15) is 19.8 Å². The van der Waals surface area contributed by atoms with E-state index in [9.17, 15) is 16.8 Å². The number of nitrogens with one attached hydrogen (secondary N) is 1. The van der Waals surface area contributed by atoms with Crippen LogP contribution in [-0.2, 0) is 20.0 Å². The van der Waals surface area contributed by atoms with Crippen molar-refractivity contribution in [2.75, 3.05) is 24.4 Å². The van der Waals surface area contributed by atoms with Gasteiger partial charge in [-0.3, -0.25) is 4.72 Å². The summed E-state index contributed by atoms with van der Waals surface area (Å²) in [6.07, 6.45) is 2.95. The summed E-state index contributed by atoms with van der Waals surface area (Å²) in [6, 6.07) is 6.90. The Kier molecular flexibility index (Phi) is 6.13. The average Bonchev–Trinajstić information content (AvgIpc) is 3.18. The molecule has 0 amide bonds. The van der Waals surface area contributed by atoms with Crippen LogP contribution >= 0.6 is 11.6 Å². The molecule has 2 heterocycles. The number of sulfonamides is 2. The predicted molar refractivity (Wildman–Crippen MR) is 106 cm³/mol. The van der Waals surface area contributed by atoms with Crippen LogP contribution in [-0.4, -0.2) is 45.8 Å². The lowest BCUT2D eigenvalue weighted by atomic mass is 10.3. The molecule has 1 aromatic carbocycles. The molecule has 2 aromatic rings. The first-order valence-corrected chi connectivity index (χ1v) is 12.0. The molecule has 152 valence electrons. The Balaban J connectivity index is 2.01. The average molecular weight is 446 g/mol. The largest absolute Gasteiger partial charge is 0.492 e. The smallest absolute Gasteiger partial charge is 0.264 e. The molecule has 3 rings (SSSR count). The number of hydrogen-bond donors (Lipinski definition) is 1. The predicted octanol–water partition coefficient (Wildman–Crippen LogP) is 2.72. The molecule has 1 aliphatic rings. The summed E-state index contributed by atoms with van der Waals surface area (Å²) in [7, 11) is -7.85. The maximum absolute atomic E-state index is 13.0. The van der Waals surface area contributed by atoms with Gasteiger partial charge in [0.2, 0.25) is 10.0 Å². The Bertz CT molecular complexity index is 1070. The van der Waals surface area contributed by atoms with E-state index in [0.717, 1.165) is 12.8 Å². The van der Waals surface area contributed by atoms with Gasteiger partial charge < -0.3 is 4.74 Å². The second kappa shape index (κ2) is 8.24. The quantitative estimate of drug-likeness (QED) is 0.657. The molecule has 1 fully saturated rings. The summed E-state index contributed by atoms with van der Waals surface area (Å²) in [5, 5.41) is -0.175. The molecule has 1 aliphatic heterocycles. The zero-order chi connectivity index (χ0) is 20.4. The number of hydrogen-bond acceptors (Lipinski definition) is 6. The Morgan fingerprint density at radius 1 is 1.14 bits per heavy atom. The lowest BCUT2D eigenvalue weighted by Gasteiger charge is -2.19. The third-order valence-electron chi connectivity index (χ3n) is 4.19. The van der Waals surface area contributed by atoms with E-state index in [0.29, 0.717) is 13.1 Å². The van der Waals surface area contributed by atoms with E-state index in [4.69, 9.17) is 16.3 Å². The third-order valence-corrected chi connectivity index (χ3v) is 7.94. The van der Waals surface area contributed by atoms with Gasteiger partial charge in [-0.1, -0.05) is 11.6 Å². The van der Waals surface area contributed by atoms with Crippen molar-refractivity contribution in [1.29, 1.82) is 0 Å². The van der Waals surface area contributed by atoms with Gasteiger partial charge >= 0.3 is 0 Å². The second-order valence-corrected chi connectivity index (χ2v) is 10.0. The van der Waals surface area contributed by atoms with Gasteiger partial charge in [0, 0.05) is 19.3 Å². The first-order chi connectivity index (χ1) is 13.3. The van der Waals surface area contributed by atoms with Gasteiger partial charge in [0.15, 0.2) is 0 Å². The molecule has 0 bridgehead atoms. The summed E-state index contributed by atoms with van der Waals surface area (Å²) in [6.45, 7) is 2.87. The second-order valence-electron chi connectivity index (χ2n) is 6.10. The highest BCUT2D eigenvalue weighted by molar-refractivity contribution is 7.92. The Morgan fingerprint density at radius 2 is 1.86 bits per heavy atom. The van der Waals surface area contributed by atoms with Crippen LogP contribution in [0.25, 0.3) is 0 Å². The first kappa shape index (κ1) is 20.8. The Labute approximate surface area is 169 Å². The summed E-state index contributed by atoms with van der Waals surface area (Å²) in [5.41, 5.74) is 0.0844. The van der Waals surface area contributed by atoms with E-state index in [1.165, 1.54) is 40.8 Å². The van der Waals surface area contributed by atoms with Crippen molar-refractivity contribution >= 4 is 37.3 Å². The number of anilines is 1. The number of ether oxygens (including phenoxy) is 1. The molecular weight excluding hydrogens is 426 g/mol. The highest BCUT2D eigenvalue weighted by Gasteiger charge is 2.31. The van der Waals surface area contributed by atoms with Crippen molar-refractivity contribution in [3.63, 3.8) is 0 Å². The number of benzene rings is 1. The van der Waals surface area contributed by atoms with Crippen molar-refractivity contribution in [3.8, 4) is 5.75 Å². The fourth-order valence-corrected chi connectivity index (χ4v) is 6.07. The van der Waals surface area contributed by atoms with Gasteiger partial charge in [0.1, 0.15) is 20.7 Å². The van der Waals surface area contributed by atoms with Crippen LogP contribution in [0.4, 0.5) is 5.69 Å². The number of halogens is 1. The van der Waals surface area contributed by atoms with Crippen LogP contribution in [0.5, 0.6) is 5.75 Å². The van der Waals surface area contributed by atoms with E-state index < -0.39 is 20.0 Å². The lowest BCUT2D eigenvalue weighted by molar-refractivity contribution is 0.330. The molecule has 0 saturated carbocycles. The molecule has 0 radical (unpaired) electrons. The lowest BCUT2D eigenvalue weighted by Crippen LogP contribution is -2.28. The fraction of sp³-hybridized carbons (Fsp3) is 0.353. The molecule has 1 saturated heterocycles. The molecular formula is C17H20ClN3O5S2. The van der Waals surface area contributed by atoms with E-state index in [2.05, 4.69) is 9.71 Å². The van der Waals surface area contributed by atoms with Crippen molar-refractivity contribution in [2.24, 2.45) is 0 Å². The van der Waals surface area contributed by atoms with E-state index in [1.807, 2.05) is 0 Å². The standard InChI is InChI=1S/C17H20ClN3O5S2/c1-2-26-14-8-7-13(12-16(14)28(24,25)21-10-3-4-11-21)20-27(22,23)15-6-5-9-19-17(15)18/h5-9,12,20H,2-4,10-11H2,1H3. The number of rotatable bonds is 7. The zero-order valence-corrected chi connectivity index (χ0v) is 17.5. The fourth-order valence-electron chi connectivity index (χ4n) is 2.90. The molecule has 8 nitrogen and oxygen atoms in total. The molecule has 1 N–H and O–H groups in total. The number of nitrogens with zero attached hydrogens (tertiary/aromatic N) is 2. The number of pyridine rings is 1. The van der Waals surface area contributed by atoms with Crippen molar-refractivity contribution in [2.45, 2.75) is 29.6 Å². The van der Waals surface area contributed by atoms with Gasteiger partial charge in [-0.05, 0) is 50.1 Å². The molecule has 0 spiro atoms. The van der Waals surface area contributed by atoms with Gasteiger partial charge in [0.25, 0.3) is 10.0 Å². The minimum absolute atomic E-state index is 0.0752. The number of aromatic nitrogens is 1. The van der Waals surface area contributed by atoms with Gasteiger partial charge in [-0.25, -0.2) is 21.8 Å². The maximum atomic E-state index is 13.0. The summed E-state index contributed by atoms with van der Waals surface area (Å²) < 4.78 is 60.5. The molecule has 11 heteroatoms. The molecule has 0 aliphatic carbocycles. The van der Waals surface area contributed by atoms with Crippen molar-refractivity contribution in [1.82, 2.24) is 9.29 Å². The van der Waals surface area contributed by atoms with Crippen LogP contribution in [0, 0.1) is 0 Å². The maximum Gasteiger partial charge on any atom is 0.264 e. The summed E-state index contributed by atoms with van der Waals surface area (Å²) >= 11 is 5.88. The van der Waals surface area contributed by atoms with Gasteiger partial charge in [-0.2, -0.15) is 4.31 Å². The summed E-state index contributed by atoms with van der Waals surface area (Å²) in [4.78, 5) is 3.48. The van der Waals surface area contributed by atoms with Crippen LogP contribution in [0.3, 0.4) is 0 Å².